The standard InChI is InChI=1S/C11H13F2NO2/c1-16-11(15)8-5-3-2-4-7(8)9(14)6-10(12)13/h2-5,9-10H,6,14H2,1H3/t9-/m0/s1. The van der Waals surface area contributed by atoms with Gasteiger partial charge in [0.25, 0.3) is 0 Å². The smallest absolute Gasteiger partial charge is 0.338 e. The van der Waals surface area contributed by atoms with Gasteiger partial charge in [0.1, 0.15) is 0 Å². The highest BCUT2D eigenvalue weighted by atomic mass is 19.3. The average molecular weight is 229 g/mol. The first-order valence-electron chi connectivity index (χ1n) is 4.77. The fourth-order valence-electron chi connectivity index (χ4n) is 1.44. The molecule has 88 valence electrons. The van der Waals surface area contributed by atoms with E-state index in [1.165, 1.54) is 13.2 Å². The molecule has 1 aromatic rings. The number of halogens is 2. The summed E-state index contributed by atoms with van der Waals surface area (Å²) in [6.45, 7) is 0. The molecule has 0 amide bonds. The highest BCUT2D eigenvalue weighted by Crippen LogP contribution is 2.22. The second-order valence-electron chi connectivity index (χ2n) is 3.31. The van der Waals surface area contributed by atoms with Crippen molar-refractivity contribution in [2.24, 2.45) is 5.73 Å². The normalized spacial score (nSPS) is 12.6. The van der Waals surface area contributed by atoms with Gasteiger partial charge in [0.2, 0.25) is 6.43 Å². The quantitative estimate of drug-likeness (QED) is 0.804. The van der Waals surface area contributed by atoms with Crippen molar-refractivity contribution in [3.63, 3.8) is 0 Å². The summed E-state index contributed by atoms with van der Waals surface area (Å²) >= 11 is 0. The van der Waals surface area contributed by atoms with Crippen LogP contribution >= 0.6 is 0 Å². The Kier molecular flexibility index (Phi) is 4.37. The summed E-state index contributed by atoms with van der Waals surface area (Å²) in [7, 11) is 1.23. The Morgan fingerprint density at radius 3 is 2.62 bits per heavy atom. The van der Waals surface area contributed by atoms with Crippen LogP contribution in [-0.2, 0) is 4.74 Å². The minimum absolute atomic E-state index is 0.234. The number of rotatable bonds is 4. The Morgan fingerprint density at radius 1 is 1.44 bits per heavy atom. The van der Waals surface area contributed by atoms with Gasteiger partial charge in [-0.2, -0.15) is 0 Å². The van der Waals surface area contributed by atoms with Gasteiger partial charge in [-0.25, -0.2) is 13.6 Å². The van der Waals surface area contributed by atoms with E-state index in [2.05, 4.69) is 4.74 Å². The molecule has 5 heteroatoms. The molecule has 1 atom stereocenters. The highest BCUT2D eigenvalue weighted by Gasteiger charge is 2.19. The maximum Gasteiger partial charge on any atom is 0.338 e. The number of benzene rings is 1. The summed E-state index contributed by atoms with van der Waals surface area (Å²) in [5.41, 5.74) is 6.22. The van der Waals surface area contributed by atoms with Gasteiger partial charge in [0.05, 0.1) is 12.7 Å². The van der Waals surface area contributed by atoms with E-state index in [1.807, 2.05) is 0 Å². The largest absolute Gasteiger partial charge is 0.465 e. The third-order valence-electron chi connectivity index (χ3n) is 2.20. The van der Waals surface area contributed by atoms with Crippen LogP contribution in [0.4, 0.5) is 8.78 Å². The van der Waals surface area contributed by atoms with Crippen molar-refractivity contribution >= 4 is 5.97 Å². The van der Waals surface area contributed by atoms with Crippen LogP contribution in [0.5, 0.6) is 0 Å². The molecule has 0 aromatic heterocycles. The number of hydrogen-bond acceptors (Lipinski definition) is 3. The van der Waals surface area contributed by atoms with Crippen LogP contribution in [0.3, 0.4) is 0 Å². The SMILES string of the molecule is COC(=O)c1ccccc1[C@@H](N)CC(F)F. The summed E-state index contributed by atoms with van der Waals surface area (Å²) in [4.78, 5) is 11.4. The molecule has 0 unspecified atom stereocenters. The first-order chi connectivity index (χ1) is 7.56. The summed E-state index contributed by atoms with van der Waals surface area (Å²) < 4.78 is 28.9. The van der Waals surface area contributed by atoms with Gasteiger partial charge >= 0.3 is 5.97 Å². The molecular weight excluding hydrogens is 216 g/mol. The van der Waals surface area contributed by atoms with Crippen LogP contribution in [0.1, 0.15) is 28.4 Å². The lowest BCUT2D eigenvalue weighted by Crippen LogP contribution is -2.18. The molecule has 0 saturated heterocycles. The topological polar surface area (TPSA) is 52.3 Å². The minimum Gasteiger partial charge on any atom is -0.465 e. The van der Waals surface area contributed by atoms with Crippen molar-refractivity contribution in [2.75, 3.05) is 7.11 Å². The zero-order chi connectivity index (χ0) is 12.1. The van der Waals surface area contributed by atoms with Crippen molar-refractivity contribution in [1.29, 1.82) is 0 Å². The monoisotopic (exact) mass is 229 g/mol. The summed E-state index contributed by atoms with van der Waals surface area (Å²) in [5, 5.41) is 0. The Labute approximate surface area is 92.2 Å². The first-order valence-corrected chi connectivity index (χ1v) is 4.77. The van der Waals surface area contributed by atoms with E-state index in [0.29, 0.717) is 5.56 Å². The van der Waals surface area contributed by atoms with Gasteiger partial charge in [-0.3, -0.25) is 0 Å². The molecule has 0 radical (unpaired) electrons. The molecule has 0 bridgehead atoms. The molecule has 3 nitrogen and oxygen atoms in total. The van der Waals surface area contributed by atoms with Crippen LogP contribution in [0.2, 0.25) is 0 Å². The highest BCUT2D eigenvalue weighted by molar-refractivity contribution is 5.91. The summed E-state index contributed by atoms with van der Waals surface area (Å²) in [6.07, 6.45) is -2.98. The number of nitrogens with two attached hydrogens (primary N) is 1. The van der Waals surface area contributed by atoms with E-state index < -0.39 is 24.9 Å². The van der Waals surface area contributed by atoms with Crippen LogP contribution in [0.25, 0.3) is 0 Å². The van der Waals surface area contributed by atoms with Gasteiger partial charge in [0, 0.05) is 12.5 Å². The van der Waals surface area contributed by atoms with Gasteiger partial charge in [-0.1, -0.05) is 18.2 Å². The lowest BCUT2D eigenvalue weighted by molar-refractivity contribution is 0.0597. The number of carbonyl (C=O) groups excluding carboxylic acids is 1. The number of ether oxygens (including phenoxy) is 1. The Hall–Kier alpha value is -1.49. The van der Waals surface area contributed by atoms with Crippen LogP contribution in [0.15, 0.2) is 24.3 Å². The number of hydrogen-bond donors (Lipinski definition) is 1. The molecule has 1 rings (SSSR count). The molecule has 0 aliphatic rings. The average Bonchev–Trinajstić information content (AvgIpc) is 2.27. The van der Waals surface area contributed by atoms with Gasteiger partial charge in [0.15, 0.2) is 0 Å². The van der Waals surface area contributed by atoms with Crippen molar-refractivity contribution in [3.8, 4) is 0 Å². The van der Waals surface area contributed by atoms with E-state index in [1.54, 1.807) is 18.2 Å². The first kappa shape index (κ1) is 12.6. The second-order valence-corrected chi connectivity index (χ2v) is 3.31. The maximum atomic E-state index is 12.2. The third-order valence-corrected chi connectivity index (χ3v) is 2.20. The predicted molar refractivity (Wildman–Crippen MR) is 55.3 cm³/mol. The number of carbonyl (C=O) groups is 1. The predicted octanol–water partition coefficient (Wildman–Crippen LogP) is 2.13. The summed E-state index contributed by atoms with van der Waals surface area (Å²) in [6, 6.07) is 5.47. The van der Waals surface area contributed by atoms with Crippen molar-refractivity contribution < 1.29 is 18.3 Å². The summed E-state index contributed by atoms with van der Waals surface area (Å²) in [5.74, 6) is -0.569. The zero-order valence-corrected chi connectivity index (χ0v) is 8.82. The molecule has 1 aromatic carbocycles. The van der Waals surface area contributed by atoms with E-state index in [-0.39, 0.29) is 5.56 Å². The fourth-order valence-corrected chi connectivity index (χ4v) is 1.44. The molecule has 0 saturated carbocycles. The number of esters is 1. The number of alkyl halides is 2. The molecule has 0 fully saturated rings. The fraction of sp³-hybridized carbons (Fsp3) is 0.364. The van der Waals surface area contributed by atoms with Crippen molar-refractivity contribution in [1.82, 2.24) is 0 Å². The lowest BCUT2D eigenvalue weighted by Gasteiger charge is -2.14. The zero-order valence-electron chi connectivity index (χ0n) is 8.82. The molecule has 0 heterocycles. The lowest BCUT2D eigenvalue weighted by atomic mass is 9.99. The Morgan fingerprint density at radius 2 is 2.06 bits per heavy atom. The molecule has 0 spiro atoms. The molecule has 2 N–H and O–H groups in total. The van der Waals surface area contributed by atoms with Crippen LogP contribution in [-0.4, -0.2) is 19.5 Å². The maximum absolute atomic E-state index is 12.2. The molecule has 0 aliphatic carbocycles. The van der Waals surface area contributed by atoms with E-state index >= 15 is 0 Å². The van der Waals surface area contributed by atoms with E-state index in [0.717, 1.165) is 0 Å². The number of methoxy groups -OCH3 is 1. The van der Waals surface area contributed by atoms with Crippen LogP contribution in [0, 0.1) is 0 Å². The second kappa shape index (κ2) is 5.55. The Balaban J connectivity index is 2.98. The molecule has 16 heavy (non-hydrogen) atoms. The molecular formula is C11H13F2NO2. The van der Waals surface area contributed by atoms with Crippen molar-refractivity contribution in [2.45, 2.75) is 18.9 Å². The van der Waals surface area contributed by atoms with Crippen molar-refractivity contribution in [3.05, 3.63) is 35.4 Å². The van der Waals surface area contributed by atoms with Gasteiger partial charge < -0.3 is 10.5 Å². The van der Waals surface area contributed by atoms with Gasteiger partial charge in [-0.05, 0) is 11.6 Å². The third kappa shape index (κ3) is 3.00. The minimum atomic E-state index is -2.50. The van der Waals surface area contributed by atoms with E-state index in [4.69, 9.17) is 5.73 Å². The molecule has 0 aliphatic heterocycles. The van der Waals surface area contributed by atoms with Gasteiger partial charge in [-0.15, -0.1) is 0 Å². The van der Waals surface area contributed by atoms with E-state index in [9.17, 15) is 13.6 Å². The Bertz CT molecular complexity index is 369. The van der Waals surface area contributed by atoms with Crippen LogP contribution < -0.4 is 5.73 Å².